The lowest BCUT2D eigenvalue weighted by atomic mass is 9.92. The van der Waals surface area contributed by atoms with Crippen LogP contribution in [0.5, 0.6) is 0 Å². The van der Waals surface area contributed by atoms with Crippen LogP contribution in [0.2, 0.25) is 0 Å². The van der Waals surface area contributed by atoms with Crippen molar-refractivity contribution in [3.63, 3.8) is 0 Å². The molecule has 0 aliphatic carbocycles. The number of pyridine rings is 2. The topological polar surface area (TPSA) is 47.0 Å². The Morgan fingerprint density at radius 2 is 2.15 bits per heavy atom. The lowest BCUT2D eigenvalue weighted by Gasteiger charge is -2.37. The van der Waals surface area contributed by atoms with E-state index in [1.807, 2.05) is 12.1 Å². The molecule has 0 spiro atoms. The van der Waals surface area contributed by atoms with Crippen LogP contribution in [0.15, 0.2) is 29.0 Å². The van der Waals surface area contributed by atoms with Crippen LogP contribution in [0.1, 0.15) is 12.8 Å². The van der Waals surface area contributed by atoms with Gasteiger partial charge in [0.15, 0.2) is 0 Å². The highest BCUT2D eigenvalue weighted by atomic mass is 79.9. The second kappa shape index (κ2) is 5.84. The number of aromatic nitrogens is 2. The highest BCUT2D eigenvalue weighted by Gasteiger charge is 2.32. The van der Waals surface area contributed by atoms with E-state index in [0.29, 0.717) is 5.88 Å². The summed E-state index contributed by atoms with van der Waals surface area (Å²) in [6.07, 6.45) is 5.38. The number of ether oxygens (including phenoxy) is 1. The Morgan fingerprint density at radius 3 is 2.90 bits per heavy atom. The van der Waals surface area contributed by atoms with Gasteiger partial charge in [-0.1, -0.05) is 0 Å². The van der Waals surface area contributed by atoms with Crippen LogP contribution >= 0.6 is 27.5 Å². The first-order valence-corrected chi connectivity index (χ1v) is 7.87. The number of anilines is 1. The maximum absolute atomic E-state index is 6.20. The van der Waals surface area contributed by atoms with Gasteiger partial charge in [0.1, 0.15) is 5.52 Å². The van der Waals surface area contributed by atoms with Crippen molar-refractivity contribution in [1.82, 2.24) is 9.97 Å². The van der Waals surface area contributed by atoms with Gasteiger partial charge in [0.2, 0.25) is 0 Å². The van der Waals surface area contributed by atoms with Crippen molar-refractivity contribution in [2.45, 2.75) is 18.4 Å². The number of halogens is 2. The first-order chi connectivity index (χ1) is 9.72. The summed E-state index contributed by atoms with van der Waals surface area (Å²) < 4.78 is 6.36. The molecule has 106 valence electrons. The number of alkyl halides is 1. The van der Waals surface area contributed by atoms with E-state index in [-0.39, 0.29) is 5.54 Å². The average molecular weight is 357 g/mol. The Kier molecular flexibility index (Phi) is 4.10. The van der Waals surface area contributed by atoms with E-state index < -0.39 is 0 Å². The molecule has 0 saturated carbocycles. The fourth-order valence-corrected chi connectivity index (χ4v) is 3.10. The Balaban J connectivity index is 1.97. The minimum atomic E-state index is -0.122. The largest absolute Gasteiger partial charge is 0.381 e. The van der Waals surface area contributed by atoms with E-state index in [1.165, 1.54) is 0 Å². The van der Waals surface area contributed by atoms with Gasteiger partial charge in [0, 0.05) is 36.0 Å². The molecule has 0 amide bonds. The quantitative estimate of drug-likeness (QED) is 0.854. The van der Waals surface area contributed by atoms with Crippen molar-refractivity contribution in [3.05, 3.63) is 29.0 Å². The lowest BCUT2D eigenvalue weighted by Crippen LogP contribution is -2.45. The Bertz CT molecular complexity index is 616. The molecule has 1 saturated heterocycles. The van der Waals surface area contributed by atoms with Crippen LogP contribution in [-0.4, -0.2) is 34.6 Å². The highest BCUT2D eigenvalue weighted by Crippen LogP contribution is 2.30. The summed E-state index contributed by atoms with van der Waals surface area (Å²) >= 11 is 9.62. The standard InChI is InChI=1S/C14H15BrClN3O/c15-10-7-12-13(18-8-10)11(1-4-17-12)19-14(9-16)2-5-20-6-3-14/h1,4,7-8H,2-3,5-6,9H2,(H,17,19). The Hall–Kier alpha value is -0.910. The van der Waals surface area contributed by atoms with Gasteiger partial charge in [-0.05, 0) is 40.9 Å². The van der Waals surface area contributed by atoms with Crippen molar-refractivity contribution >= 4 is 44.3 Å². The lowest BCUT2D eigenvalue weighted by molar-refractivity contribution is 0.0668. The zero-order valence-electron chi connectivity index (χ0n) is 10.9. The molecule has 2 aromatic rings. The molecule has 1 fully saturated rings. The molecule has 3 rings (SSSR count). The Morgan fingerprint density at radius 1 is 1.35 bits per heavy atom. The molecule has 20 heavy (non-hydrogen) atoms. The molecule has 4 nitrogen and oxygen atoms in total. The minimum Gasteiger partial charge on any atom is -0.381 e. The van der Waals surface area contributed by atoms with Gasteiger partial charge in [0.05, 0.1) is 16.7 Å². The van der Waals surface area contributed by atoms with Crippen molar-refractivity contribution in [3.8, 4) is 0 Å². The third-order valence-electron chi connectivity index (χ3n) is 3.65. The summed E-state index contributed by atoms with van der Waals surface area (Å²) in [5.74, 6) is 0.552. The minimum absolute atomic E-state index is 0.122. The van der Waals surface area contributed by atoms with Crippen LogP contribution < -0.4 is 5.32 Å². The molecule has 0 unspecified atom stereocenters. The molecular formula is C14H15BrClN3O. The summed E-state index contributed by atoms with van der Waals surface area (Å²) in [4.78, 5) is 8.82. The van der Waals surface area contributed by atoms with E-state index in [1.54, 1.807) is 12.4 Å². The first-order valence-electron chi connectivity index (χ1n) is 6.55. The SMILES string of the molecule is ClCC1(Nc2ccnc3cc(Br)cnc23)CCOCC1. The number of fused-ring (bicyclic) bond motifs is 1. The molecule has 0 atom stereocenters. The summed E-state index contributed by atoms with van der Waals surface area (Å²) in [5.41, 5.74) is 2.58. The van der Waals surface area contributed by atoms with Crippen molar-refractivity contribution in [1.29, 1.82) is 0 Å². The van der Waals surface area contributed by atoms with E-state index in [4.69, 9.17) is 16.3 Å². The first kappa shape index (κ1) is 14.0. The molecule has 0 radical (unpaired) electrons. The van der Waals surface area contributed by atoms with Crippen LogP contribution in [0.3, 0.4) is 0 Å². The van der Waals surface area contributed by atoms with Gasteiger partial charge in [-0.2, -0.15) is 0 Å². The maximum Gasteiger partial charge on any atom is 0.112 e. The molecule has 3 heterocycles. The molecule has 1 aliphatic rings. The number of rotatable bonds is 3. The normalized spacial score (nSPS) is 18.1. The molecule has 0 bridgehead atoms. The third-order valence-corrected chi connectivity index (χ3v) is 4.59. The predicted octanol–water partition coefficient (Wildman–Crippen LogP) is 3.59. The summed E-state index contributed by atoms with van der Waals surface area (Å²) in [5, 5.41) is 3.58. The number of nitrogens with one attached hydrogen (secondary N) is 1. The second-order valence-corrected chi connectivity index (χ2v) is 6.21. The fourth-order valence-electron chi connectivity index (χ4n) is 2.45. The summed E-state index contributed by atoms with van der Waals surface area (Å²) in [6.45, 7) is 1.48. The third kappa shape index (κ3) is 2.75. The van der Waals surface area contributed by atoms with Crippen molar-refractivity contribution in [2.24, 2.45) is 0 Å². The van der Waals surface area contributed by atoms with Gasteiger partial charge < -0.3 is 10.1 Å². The molecule has 6 heteroatoms. The second-order valence-electron chi connectivity index (χ2n) is 5.03. The maximum atomic E-state index is 6.20. The highest BCUT2D eigenvalue weighted by molar-refractivity contribution is 9.10. The molecule has 0 aromatic carbocycles. The van der Waals surface area contributed by atoms with Crippen LogP contribution in [0.25, 0.3) is 11.0 Å². The van der Waals surface area contributed by atoms with E-state index in [2.05, 4.69) is 31.2 Å². The molecule has 2 aromatic heterocycles. The molecule has 1 aliphatic heterocycles. The number of nitrogens with zero attached hydrogens (tertiary/aromatic N) is 2. The van der Waals surface area contributed by atoms with E-state index >= 15 is 0 Å². The fraction of sp³-hybridized carbons (Fsp3) is 0.429. The molecular weight excluding hydrogens is 342 g/mol. The van der Waals surface area contributed by atoms with Crippen LogP contribution in [0.4, 0.5) is 5.69 Å². The van der Waals surface area contributed by atoms with Crippen LogP contribution in [-0.2, 0) is 4.74 Å². The van der Waals surface area contributed by atoms with Gasteiger partial charge in [-0.3, -0.25) is 9.97 Å². The molecule has 1 N–H and O–H groups in total. The van der Waals surface area contributed by atoms with E-state index in [9.17, 15) is 0 Å². The summed E-state index contributed by atoms with van der Waals surface area (Å²) in [7, 11) is 0. The summed E-state index contributed by atoms with van der Waals surface area (Å²) in [6, 6.07) is 3.91. The number of hydrogen-bond donors (Lipinski definition) is 1. The van der Waals surface area contributed by atoms with Crippen molar-refractivity contribution in [2.75, 3.05) is 24.4 Å². The van der Waals surface area contributed by atoms with E-state index in [0.717, 1.165) is 47.2 Å². The van der Waals surface area contributed by atoms with Crippen LogP contribution in [0, 0.1) is 0 Å². The number of hydrogen-bond acceptors (Lipinski definition) is 4. The predicted molar refractivity (Wildman–Crippen MR) is 84.4 cm³/mol. The van der Waals surface area contributed by atoms with Gasteiger partial charge in [0.25, 0.3) is 0 Å². The monoisotopic (exact) mass is 355 g/mol. The van der Waals surface area contributed by atoms with Gasteiger partial charge in [-0.25, -0.2) is 0 Å². The van der Waals surface area contributed by atoms with Gasteiger partial charge >= 0.3 is 0 Å². The average Bonchev–Trinajstić information content (AvgIpc) is 2.48. The zero-order valence-corrected chi connectivity index (χ0v) is 13.2. The van der Waals surface area contributed by atoms with Gasteiger partial charge in [-0.15, -0.1) is 11.6 Å². The zero-order chi connectivity index (χ0) is 14.0. The smallest absolute Gasteiger partial charge is 0.112 e. The Labute approximate surface area is 131 Å². The van der Waals surface area contributed by atoms with Crippen molar-refractivity contribution < 1.29 is 4.74 Å².